The molecule has 29 heavy (non-hydrogen) atoms. The van der Waals surface area contributed by atoms with E-state index in [-0.39, 0.29) is 0 Å². The van der Waals surface area contributed by atoms with Gasteiger partial charge in [-0.15, -0.1) is 0 Å². The summed E-state index contributed by atoms with van der Waals surface area (Å²) in [5.41, 5.74) is 3.75. The van der Waals surface area contributed by atoms with Gasteiger partial charge < -0.3 is 14.6 Å². The maximum absolute atomic E-state index is 12.8. The minimum absolute atomic E-state index is 0.306. The molecule has 1 aliphatic heterocycles. The van der Waals surface area contributed by atoms with E-state index in [0.717, 1.165) is 50.0 Å². The predicted octanol–water partition coefficient (Wildman–Crippen LogP) is 4.98. The van der Waals surface area contributed by atoms with Crippen molar-refractivity contribution in [2.75, 3.05) is 20.2 Å². The summed E-state index contributed by atoms with van der Waals surface area (Å²) in [6.45, 7) is 1.81. The van der Waals surface area contributed by atoms with E-state index < -0.39 is 0 Å². The van der Waals surface area contributed by atoms with Crippen molar-refractivity contribution >= 4 is 16.8 Å². The smallest absolute Gasteiger partial charge is 0.222 e. The zero-order valence-corrected chi connectivity index (χ0v) is 17.2. The lowest BCUT2D eigenvalue weighted by Gasteiger charge is -2.33. The SMILES string of the molecule is COc1ccc2[nH]cc(CCCC(=O)N3CCCC(Cc4ccccc4)C3)c2c1. The Labute approximate surface area is 172 Å². The molecule has 4 rings (SSSR count). The second-order valence-corrected chi connectivity index (χ2v) is 8.12. The maximum atomic E-state index is 12.8. The molecule has 4 heteroatoms. The molecule has 1 aromatic heterocycles. The first-order valence-corrected chi connectivity index (χ1v) is 10.7. The molecule has 1 atom stereocenters. The van der Waals surface area contributed by atoms with Crippen LogP contribution in [0.2, 0.25) is 0 Å². The van der Waals surface area contributed by atoms with Gasteiger partial charge in [-0.25, -0.2) is 0 Å². The summed E-state index contributed by atoms with van der Waals surface area (Å²) in [6.07, 6.45) is 7.87. The number of nitrogens with one attached hydrogen (secondary N) is 1. The number of carbonyl (C=O) groups excluding carboxylic acids is 1. The molecule has 4 nitrogen and oxygen atoms in total. The first-order valence-electron chi connectivity index (χ1n) is 10.7. The van der Waals surface area contributed by atoms with Crippen molar-refractivity contribution in [1.82, 2.24) is 9.88 Å². The molecule has 2 heterocycles. The summed E-state index contributed by atoms with van der Waals surface area (Å²) in [7, 11) is 1.69. The number of aryl methyl sites for hydroxylation is 1. The largest absolute Gasteiger partial charge is 0.497 e. The summed E-state index contributed by atoms with van der Waals surface area (Å²) in [6, 6.07) is 16.7. The maximum Gasteiger partial charge on any atom is 0.222 e. The molecule has 1 unspecified atom stereocenters. The number of ether oxygens (including phenoxy) is 1. The fraction of sp³-hybridized carbons (Fsp3) is 0.400. The van der Waals surface area contributed by atoms with Crippen LogP contribution in [-0.2, 0) is 17.6 Å². The molecule has 1 saturated heterocycles. The Balaban J connectivity index is 1.29. The van der Waals surface area contributed by atoms with Crippen LogP contribution in [0, 0.1) is 5.92 Å². The number of hydrogen-bond acceptors (Lipinski definition) is 2. The van der Waals surface area contributed by atoms with E-state index in [4.69, 9.17) is 4.74 Å². The summed E-state index contributed by atoms with van der Waals surface area (Å²) in [5.74, 6) is 1.75. The fourth-order valence-electron chi connectivity index (χ4n) is 4.49. The summed E-state index contributed by atoms with van der Waals surface area (Å²) in [5, 5.41) is 1.19. The van der Waals surface area contributed by atoms with Crippen molar-refractivity contribution in [1.29, 1.82) is 0 Å². The number of methoxy groups -OCH3 is 1. The van der Waals surface area contributed by atoms with Crippen molar-refractivity contribution in [2.24, 2.45) is 5.92 Å². The number of benzene rings is 2. The van der Waals surface area contributed by atoms with Crippen LogP contribution in [0.15, 0.2) is 54.7 Å². The molecule has 0 aliphatic carbocycles. The molecule has 152 valence electrons. The Kier molecular flexibility index (Phi) is 6.18. The van der Waals surface area contributed by atoms with Crippen LogP contribution in [0.3, 0.4) is 0 Å². The highest BCUT2D eigenvalue weighted by Crippen LogP contribution is 2.25. The molecule has 1 N–H and O–H groups in total. The Morgan fingerprint density at radius 1 is 1.21 bits per heavy atom. The van der Waals surface area contributed by atoms with Crippen LogP contribution in [0.5, 0.6) is 5.75 Å². The van der Waals surface area contributed by atoms with Crippen molar-refractivity contribution in [2.45, 2.75) is 38.5 Å². The second kappa shape index (κ2) is 9.17. The molecule has 0 bridgehead atoms. The topological polar surface area (TPSA) is 45.3 Å². The van der Waals surface area contributed by atoms with E-state index in [1.807, 2.05) is 12.1 Å². The monoisotopic (exact) mass is 390 g/mol. The van der Waals surface area contributed by atoms with Crippen molar-refractivity contribution in [3.63, 3.8) is 0 Å². The molecule has 3 aromatic rings. The van der Waals surface area contributed by atoms with Gasteiger partial charge in [-0.1, -0.05) is 30.3 Å². The number of carbonyl (C=O) groups is 1. The van der Waals surface area contributed by atoms with Gasteiger partial charge >= 0.3 is 0 Å². The molecule has 0 radical (unpaired) electrons. The number of amides is 1. The number of aromatic nitrogens is 1. The second-order valence-electron chi connectivity index (χ2n) is 8.12. The number of likely N-dealkylation sites (tertiary alicyclic amines) is 1. The average molecular weight is 391 g/mol. The van der Waals surface area contributed by atoms with Gasteiger partial charge in [-0.2, -0.15) is 0 Å². The van der Waals surface area contributed by atoms with Crippen molar-refractivity contribution in [3.8, 4) is 5.75 Å². The number of aromatic amines is 1. The lowest BCUT2D eigenvalue weighted by Crippen LogP contribution is -2.40. The Hall–Kier alpha value is -2.75. The third kappa shape index (κ3) is 4.81. The van der Waals surface area contributed by atoms with E-state index in [9.17, 15) is 4.79 Å². The number of fused-ring (bicyclic) bond motifs is 1. The van der Waals surface area contributed by atoms with Crippen LogP contribution in [0.1, 0.15) is 36.8 Å². The summed E-state index contributed by atoms with van der Waals surface area (Å²) in [4.78, 5) is 18.2. The minimum Gasteiger partial charge on any atom is -0.497 e. The highest BCUT2D eigenvalue weighted by molar-refractivity contribution is 5.84. The molecule has 1 fully saturated rings. The van der Waals surface area contributed by atoms with E-state index in [2.05, 4.69) is 52.5 Å². The molecule has 0 saturated carbocycles. The van der Waals surface area contributed by atoms with E-state index in [1.165, 1.54) is 22.9 Å². The highest BCUT2D eigenvalue weighted by atomic mass is 16.5. The Morgan fingerprint density at radius 2 is 2.07 bits per heavy atom. The molecule has 1 amide bonds. The Bertz CT molecular complexity index is 948. The van der Waals surface area contributed by atoms with Gasteiger partial charge in [0, 0.05) is 36.6 Å². The van der Waals surface area contributed by atoms with Gasteiger partial charge in [0.15, 0.2) is 0 Å². The van der Waals surface area contributed by atoms with Crippen LogP contribution in [0.25, 0.3) is 10.9 Å². The zero-order chi connectivity index (χ0) is 20.1. The third-order valence-corrected chi connectivity index (χ3v) is 6.05. The van der Waals surface area contributed by atoms with E-state index in [1.54, 1.807) is 7.11 Å². The first kappa shape index (κ1) is 19.6. The lowest BCUT2D eigenvalue weighted by atomic mass is 9.91. The predicted molar refractivity (Wildman–Crippen MR) is 117 cm³/mol. The number of hydrogen-bond donors (Lipinski definition) is 1. The fourth-order valence-corrected chi connectivity index (χ4v) is 4.49. The number of rotatable bonds is 7. The van der Waals surface area contributed by atoms with Gasteiger partial charge in [-0.3, -0.25) is 4.79 Å². The average Bonchev–Trinajstić information content (AvgIpc) is 3.16. The van der Waals surface area contributed by atoms with E-state index in [0.29, 0.717) is 18.2 Å². The number of H-pyrrole nitrogens is 1. The summed E-state index contributed by atoms with van der Waals surface area (Å²) < 4.78 is 5.35. The highest BCUT2D eigenvalue weighted by Gasteiger charge is 2.23. The summed E-state index contributed by atoms with van der Waals surface area (Å²) >= 11 is 0. The Morgan fingerprint density at radius 3 is 2.90 bits per heavy atom. The van der Waals surface area contributed by atoms with Gasteiger partial charge in [-0.05, 0) is 67.3 Å². The van der Waals surface area contributed by atoms with Crippen LogP contribution in [0.4, 0.5) is 0 Å². The van der Waals surface area contributed by atoms with Gasteiger partial charge in [0.2, 0.25) is 5.91 Å². The lowest BCUT2D eigenvalue weighted by molar-refractivity contribution is -0.133. The molecular weight excluding hydrogens is 360 g/mol. The molecule has 2 aromatic carbocycles. The van der Waals surface area contributed by atoms with Crippen molar-refractivity contribution < 1.29 is 9.53 Å². The quantitative estimate of drug-likeness (QED) is 0.618. The number of piperidine rings is 1. The molecular formula is C25H30N2O2. The first-order chi connectivity index (χ1) is 14.2. The van der Waals surface area contributed by atoms with E-state index >= 15 is 0 Å². The molecule has 0 spiro atoms. The van der Waals surface area contributed by atoms with Crippen LogP contribution in [-0.4, -0.2) is 36.0 Å². The standard InChI is InChI=1S/C25H30N2O2/c1-29-22-12-13-24-23(16-22)21(17-26-24)10-5-11-25(28)27-14-6-9-20(18-27)15-19-7-3-2-4-8-19/h2-4,7-8,12-13,16-17,20,26H,5-6,9-11,14-15,18H2,1H3. The van der Waals surface area contributed by atoms with Gasteiger partial charge in [0.05, 0.1) is 7.11 Å². The molecule has 1 aliphatic rings. The normalized spacial score (nSPS) is 16.9. The van der Waals surface area contributed by atoms with Crippen molar-refractivity contribution in [3.05, 3.63) is 65.9 Å². The minimum atomic E-state index is 0.306. The number of nitrogens with zero attached hydrogens (tertiary/aromatic N) is 1. The van der Waals surface area contributed by atoms with Gasteiger partial charge in [0.25, 0.3) is 0 Å². The third-order valence-electron chi connectivity index (χ3n) is 6.05. The van der Waals surface area contributed by atoms with Crippen LogP contribution >= 0.6 is 0 Å². The van der Waals surface area contributed by atoms with Gasteiger partial charge in [0.1, 0.15) is 5.75 Å². The van der Waals surface area contributed by atoms with Crippen LogP contribution < -0.4 is 4.74 Å². The zero-order valence-electron chi connectivity index (χ0n) is 17.2.